The summed E-state index contributed by atoms with van der Waals surface area (Å²) in [5, 5.41) is 27.6. The lowest BCUT2D eigenvalue weighted by molar-refractivity contribution is -0.146. The predicted molar refractivity (Wildman–Crippen MR) is 126 cm³/mol. The van der Waals surface area contributed by atoms with Crippen LogP contribution in [0.2, 0.25) is 0 Å². The molecule has 0 aromatic rings. The van der Waals surface area contributed by atoms with E-state index in [1.165, 1.54) is 38.5 Å². The molecule has 3 N–H and O–H groups in total. The third-order valence-corrected chi connectivity index (χ3v) is 8.29. The number of hydrogen-bond acceptors (Lipinski definition) is 5. The van der Waals surface area contributed by atoms with Gasteiger partial charge in [0, 0.05) is 23.3 Å². The molecule has 6 heteroatoms. The zero-order valence-corrected chi connectivity index (χ0v) is 19.7. The molecule has 31 heavy (non-hydrogen) atoms. The van der Waals surface area contributed by atoms with Crippen LogP contribution in [0.15, 0.2) is 24.3 Å². The smallest absolute Gasteiger partial charge is 0.332 e. The fourth-order valence-corrected chi connectivity index (χ4v) is 6.07. The molecule has 0 aromatic heterocycles. The number of carbonyl (C=O) groups is 2. The fraction of sp³-hybridized carbons (Fsp3) is 0.760. The Hall–Kier alpha value is -1.11. The molecule has 176 valence electrons. The van der Waals surface area contributed by atoms with Crippen molar-refractivity contribution in [3.63, 3.8) is 0 Å². The summed E-state index contributed by atoms with van der Waals surface area (Å²) in [5.41, 5.74) is 0.475. The second-order valence-electron chi connectivity index (χ2n) is 9.22. The van der Waals surface area contributed by atoms with Gasteiger partial charge in [-0.05, 0) is 56.3 Å². The average Bonchev–Trinajstić information content (AvgIpc) is 3.01. The van der Waals surface area contributed by atoms with Gasteiger partial charge in [0.2, 0.25) is 0 Å². The van der Waals surface area contributed by atoms with Crippen molar-refractivity contribution >= 4 is 23.5 Å². The number of ketones is 1. The van der Waals surface area contributed by atoms with E-state index in [0.717, 1.165) is 6.42 Å². The van der Waals surface area contributed by atoms with E-state index in [2.05, 4.69) is 19.1 Å². The van der Waals surface area contributed by atoms with Crippen LogP contribution in [0, 0.1) is 17.3 Å². The number of aliphatic hydroxyl groups excluding tert-OH is 2. The number of thioether (sulfide) groups is 1. The van der Waals surface area contributed by atoms with E-state index in [4.69, 9.17) is 5.11 Å². The Balaban J connectivity index is 1.96. The normalized spacial score (nSPS) is 26.5. The monoisotopic (exact) mass is 452 g/mol. The quantitative estimate of drug-likeness (QED) is 0.310. The van der Waals surface area contributed by atoms with Crippen LogP contribution in [0.1, 0.15) is 77.6 Å². The molecular formula is C25H40O5S. The van der Waals surface area contributed by atoms with E-state index < -0.39 is 12.1 Å². The van der Waals surface area contributed by atoms with Gasteiger partial charge in [-0.1, -0.05) is 50.5 Å². The third-order valence-electron chi connectivity index (χ3n) is 6.97. The van der Waals surface area contributed by atoms with Crippen molar-refractivity contribution in [1.82, 2.24) is 0 Å². The first-order valence-electron chi connectivity index (χ1n) is 11.9. The fourth-order valence-electron chi connectivity index (χ4n) is 4.88. The molecule has 2 aliphatic rings. The summed E-state index contributed by atoms with van der Waals surface area (Å²) in [6, 6.07) is 0. The number of allylic oxidation sites excluding steroid dienone is 4. The van der Waals surface area contributed by atoms with Crippen molar-refractivity contribution in [2.75, 3.05) is 12.4 Å². The first-order chi connectivity index (χ1) is 14.9. The number of aliphatic hydroxyl groups is 2. The highest BCUT2D eigenvalue weighted by Crippen LogP contribution is 2.48. The first kappa shape index (κ1) is 26.1. The van der Waals surface area contributed by atoms with Crippen LogP contribution >= 0.6 is 11.8 Å². The molecular weight excluding hydrogens is 412 g/mol. The van der Waals surface area contributed by atoms with Gasteiger partial charge in [-0.3, -0.25) is 4.79 Å². The molecule has 2 aliphatic carbocycles. The van der Waals surface area contributed by atoms with E-state index in [0.29, 0.717) is 30.4 Å². The molecule has 2 saturated carbocycles. The summed E-state index contributed by atoms with van der Waals surface area (Å²) < 4.78 is 0. The van der Waals surface area contributed by atoms with Crippen molar-refractivity contribution < 1.29 is 24.9 Å². The van der Waals surface area contributed by atoms with E-state index in [1.807, 2.05) is 12.2 Å². The topological polar surface area (TPSA) is 94.8 Å². The molecule has 2 rings (SSSR count). The van der Waals surface area contributed by atoms with Crippen LogP contribution in [0.5, 0.6) is 0 Å². The molecule has 0 aliphatic heterocycles. The summed E-state index contributed by atoms with van der Waals surface area (Å²) in [6.07, 6.45) is 17.9. The van der Waals surface area contributed by atoms with Crippen molar-refractivity contribution in [1.29, 1.82) is 0 Å². The van der Waals surface area contributed by atoms with Gasteiger partial charge < -0.3 is 15.3 Å². The number of carbonyl (C=O) groups excluding carboxylic acids is 1. The Morgan fingerprint density at radius 3 is 2.68 bits per heavy atom. The van der Waals surface area contributed by atoms with E-state index in [9.17, 15) is 19.8 Å². The van der Waals surface area contributed by atoms with Crippen molar-refractivity contribution in [3.05, 3.63) is 24.3 Å². The molecule has 0 radical (unpaired) electrons. The third kappa shape index (κ3) is 8.07. The lowest BCUT2D eigenvalue weighted by Crippen LogP contribution is -2.28. The Morgan fingerprint density at radius 1 is 1.29 bits per heavy atom. The van der Waals surface area contributed by atoms with Gasteiger partial charge in [-0.25, -0.2) is 4.79 Å². The van der Waals surface area contributed by atoms with Crippen LogP contribution < -0.4 is 0 Å². The highest BCUT2D eigenvalue weighted by molar-refractivity contribution is 8.00. The summed E-state index contributed by atoms with van der Waals surface area (Å²) in [5.74, 6) is -0.137. The van der Waals surface area contributed by atoms with Crippen LogP contribution in [0.3, 0.4) is 0 Å². The Labute approximate surface area is 191 Å². The van der Waals surface area contributed by atoms with E-state index in [1.54, 1.807) is 11.8 Å². The van der Waals surface area contributed by atoms with Gasteiger partial charge in [-0.2, -0.15) is 11.8 Å². The maximum absolute atomic E-state index is 12.7. The SMILES string of the molecule is CCCCC1(C/C=C/[C@H]2[C@H](SCCO)CC(=O)[C@@H]2C/C=C\CCC(O)C(=O)O)CCC1. The number of carboxylic acid groups (broad SMARTS) is 1. The van der Waals surface area contributed by atoms with Crippen molar-refractivity contribution in [2.45, 2.75) is 88.9 Å². The van der Waals surface area contributed by atoms with Crippen molar-refractivity contribution in [3.8, 4) is 0 Å². The second kappa shape index (κ2) is 13.4. The highest BCUT2D eigenvalue weighted by atomic mass is 32.2. The molecule has 0 aromatic carbocycles. The molecule has 0 saturated heterocycles. The molecule has 0 heterocycles. The molecule has 0 spiro atoms. The van der Waals surface area contributed by atoms with Gasteiger partial charge in [0.15, 0.2) is 6.10 Å². The van der Waals surface area contributed by atoms with Crippen LogP contribution in [0.4, 0.5) is 0 Å². The first-order valence-corrected chi connectivity index (χ1v) is 12.9. The minimum atomic E-state index is -1.33. The van der Waals surface area contributed by atoms with E-state index in [-0.39, 0.29) is 35.9 Å². The largest absolute Gasteiger partial charge is 0.479 e. The van der Waals surface area contributed by atoms with Crippen LogP contribution in [-0.2, 0) is 9.59 Å². The number of hydrogen-bond donors (Lipinski definition) is 3. The second-order valence-corrected chi connectivity index (χ2v) is 10.6. The number of carboxylic acids is 1. The van der Waals surface area contributed by atoms with Gasteiger partial charge in [0.1, 0.15) is 5.78 Å². The maximum Gasteiger partial charge on any atom is 0.332 e. The van der Waals surface area contributed by atoms with Gasteiger partial charge in [0.25, 0.3) is 0 Å². The van der Waals surface area contributed by atoms with Crippen molar-refractivity contribution in [2.24, 2.45) is 17.3 Å². The van der Waals surface area contributed by atoms with Gasteiger partial charge in [-0.15, -0.1) is 0 Å². The Bertz CT molecular complexity index is 625. The zero-order valence-electron chi connectivity index (χ0n) is 18.9. The van der Waals surface area contributed by atoms with Gasteiger partial charge in [0.05, 0.1) is 6.61 Å². The van der Waals surface area contributed by atoms with Crippen LogP contribution in [0.25, 0.3) is 0 Å². The molecule has 0 amide bonds. The lowest BCUT2D eigenvalue weighted by Gasteiger charge is -2.42. The number of Topliss-reactive ketones (excluding diaryl/α,β-unsaturated/α-hetero) is 1. The molecule has 4 atom stereocenters. The number of unbranched alkanes of at least 4 members (excludes halogenated alkanes) is 1. The standard InChI is InChI=1S/C25H40O5S/c1-2-3-12-25(14-8-15-25)13-7-10-20-19(22(28)18-23(20)31-17-16-26)9-5-4-6-11-21(27)24(29)30/h4-5,7,10,19-21,23,26-27H,2-3,6,8-9,11-18H2,1H3,(H,29,30)/b5-4-,10-7+/t19-,20-,21?,23-/m1/s1. The van der Waals surface area contributed by atoms with E-state index >= 15 is 0 Å². The average molecular weight is 453 g/mol. The maximum atomic E-state index is 12.7. The number of rotatable bonds is 15. The molecule has 5 nitrogen and oxygen atoms in total. The minimum Gasteiger partial charge on any atom is -0.479 e. The molecule has 1 unspecified atom stereocenters. The Morgan fingerprint density at radius 2 is 2.06 bits per heavy atom. The summed E-state index contributed by atoms with van der Waals surface area (Å²) in [6.45, 7) is 2.37. The Kier molecular flexibility index (Phi) is 11.3. The zero-order chi connectivity index (χ0) is 22.7. The summed E-state index contributed by atoms with van der Waals surface area (Å²) >= 11 is 1.70. The molecule has 0 bridgehead atoms. The number of aliphatic carboxylic acids is 1. The lowest BCUT2D eigenvalue weighted by atomic mass is 9.64. The van der Waals surface area contributed by atoms with Gasteiger partial charge >= 0.3 is 5.97 Å². The molecule has 2 fully saturated rings. The predicted octanol–water partition coefficient (Wildman–Crippen LogP) is 4.76. The minimum absolute atomic E-state index is 0.0546. The summed E-state index contributed by atoms with van der Waals surface area (Å²) in [4.78, 5) is 23.4. The summed E-state index contributed by atoms with van der Waals surface area (Å²) in [7, 11) is 0. The van der Waals surface area contributed by atoms with Crippen LogP contribution in [-0.4, -0.2) is 50.8 Å². The highest BCUT2D eigenvalue weighted by Gasteiger charge is 2.40.